The zero-order valence-corrected chi connectivity index (χ0v) is 8.25. The standard InChI is InChI=1S/C10H21NO/c1-3-5-10(11)8-6-9(7-8)12-4-2/h8-10H,3-7,11H2,1-2H3. The number of rotatable bonds is 5. The predicted octanol–water partition coefficient (Wildman–Crippen LogP) is 1.93. The molecule has 0 bridgehead atoms. The van der Waals surface area contributed by atoms with Crippen LogP contribution in [0.3, 0.4) is 0 Å². The number of hydrogen-bond acceptors (Lipinski definition) is 2. The lowest BCUT2D eigenvalue weighted by Gasteiger charge is -2.38. The predicted molar refractivity (Wildman–Crippen MR) is 51.0 cm³/mol. The quantitative estimate of drug-likeness (QED) is 0.686. The highest BCUT2D eigenvalue weighted by Crippen LogP contribution is 2.33. The van der Waals surface area contributed by atoms with Crippen molar-refractivity contribution >= 4 is 0 Å². The van der Waals surface area contributed by atoms with Crippen LogP contribution in [-0.2, 0) is 4.74 Å². The Bertz CT molecular complexity index is 121. The van der Waals surface area contributed by atoms with Gasteiger partial charge in [-0.25, -0.2) is 0 Å². The van der Waals surface area contributed by atoms with Crippen molar-refractivity contribution in [1.29, 1.82) is 0 Å². The summed E-state index contributed by atoms with van der Waals surface area (Å²) in [6, 6.07) is 0.423. The maximum absolute atomic E-state index is 5.99. The van der Waals surface area contributed by atoms with Crippen molar-refractivity contribution in [2.75, 3.05) is 6.61 Å². The molecule has 1 rings (SSSR count). The largest absolute Gasteiger partial charge is 0.378 e. The Labute approximate surface area is 75.5 Å². The molecule has 0 saturated heterocycles. The van der Waals surface area contributed by atoms with Crippen molar-refractivity contribution in [2.45, 2.75) is 51.7 Å². The second kappa shape index (κ2) is 4.83. The average molecular weight is 171 g/mol. The van der Waals surface area contributed by atoms with E-state index in [1.165, 1.54) is 25.7 Å². The van der Waals surface area contributed by atoms with E-state index in [1.54, 1.807) is 0 Å². The minimum Gasteiger partial charge on any atom is -0.378 e. The summed E-state index contributed by atoms with van der Waals surface area (Å²) in [5.41, 5.74) is 5.99. The summed E-state index contributed by atoms with van der Waals surface area (Å²) in [4.78, 5) is 0. The molecule has 1 saturated carbocycles. The number of nitrogens with two attached hydrogens (primary N) is 1. The van der Waals surface area contributed by atoms with Crippen molar-refractivity contribution in [3.8, 4) is 0 Å². The minimum absolute atomic E-state index is 0.423. The average Bonchev–Trinajstić information content (AvgIpc) is 1.96. The van der Waals surface area contributed by atoms with Gasteiger partial charge in [-0.2, -0.15) is 0 Å². The van der Waals surface area contributed by atoms with E-state index in [9.17, 15) is 0 Å². The van der Waals surface area contributed by atoms with Gasteiger partial charge in [0.15, 0.2) is 0 Å². The van der Waals surface area contributed by atoms with Gasteiger partial charge >= 0.3 is 0 Å². The van der Waals surface area contributed by atoms with Gasteiger partial charge in [-0.3, -0.25) is 0 Å². The monoisotopic (exact) mass is 171 g/mol. The maximum Gasteiger partial charge on any atom is 0.0581 e. The van der Waals surface area contributed by atoms with Crippen LogP contribution >= 0.6 is 0 Å². The van der Waals surface area contributed by atoms with E-state index in [-0.39, 0.29) is 0 Å². The normalized spacial score (nSPS) is 31.2. The van der Waals surface area contributed by atoms with Gasteiger partial charge < -0.3 is 10.5 Å². The lowest BCUT2D eigenvalue weighted by molar-refractivity contribution is -0.0321. The van der Waals surface area contributed by atoms with Gasteiger partial charge in [-0.1, -0.05) is 13.3 Å². The van der Waals surface area contributed by atoms with Gasteiger partial charge in [0.05, 0.1) is 6.10 Å². The zero-order chi connectivity index (χ0) is 8.97. The lowest BCUT2D eigenvalue weighted by atomic mass is 9.76. The Hall–Kier alpha value is -0.0800. The summed E-state index contributed by atoms with van der Waals surface area (Å²) in [6.07, 6.45) is 5.27. The van der Waals surface area contributed by atoms with Crippen LogP contribution in [0.25, 0.3) is 0 Å². The molecular weight excluding hydrogens is 150 g/mol. The molecule has 72 valence electrons. The van der Waals surface area contributed by atoms with E-state index in [0.29, 0.717) is 12.1 Å². The van der Waals surface area contributed by atoms with Crippen molar-refractivity contribution in [3.05, 3.63) is 0 Å². The van der Waals surface area contributed by atoms with E-state index in [2.05, 4.69) is 13.8 Å². The molecule has 0 amide bonds. The first-order chi connectivity index (χ1) is 5.77. The second-order valence-corrected chi connectivity index (χ2v) is 3.76. The molecule has 1 unspecified atom stereocenters. The van der Waals surface area contributed by atoms with Gasteiger partial charge in [0.1, 0.15) is 0 Å². The van der Waals surface area contributed by atoms with E-state index >= 15 is 0 Å². The summed E-state index contributed by atoms with van der Waals surface area (Å²) in [5, 5.41) is 0. The van der Waals surface area contributed by atoms with Gasteiger partial charge in [0, 0.05) is 12.6 Å². The van der Waals surface area contributed by atoms with Crippen molar-refractivity contribution < 1.29 is 4.74 Å². The van der Waals surface area contributed by atoms with E-state index in [0.717, 1.165) is 12.5 Å². The first-order valence-electron chi connectivity index (χ1n) is 5.15. The molecule has 0 radical (unpaired) electrons. The number of hydrogen-bond donors (Lipinski definition) is 1. The van der Waals surface area contributed by atoms with E-state index in [1.807, 2.05) is 0 Å². The molecule has 1 atom stereocenters. The highest BCUT2D eigenvalue weighted by molar-refractivity contribution is 4.86. The molecule has 0 aromatic carbocycles. The van der Waals surface area contributed by atoms with Crippen LogP contribution in [0.5, 0.6) is 0 Å². The first-order valence-corrected chi connectivity index (χ1v) is 5.15. The molecule has 1 aliphatic carbocycles. The Morgan fingerprint density at radius 3 is 2.58 bits per heavy atom. The van der Waals surface area contributed by atoms with Crippen LogP contribution in [0.2, 0.25) is 0 Å². The third-order valence-electron chi connectivity index (χ3n) is 2.76. The molecule has 0 spiro atoms. The van der Waals surface area contributed by atoms with Crippen LogP contribution in [0, 0.1) is 5.92 Å². The summed E-state index contributed by atoms with van der Waals surface area (Å²) in [6.45, 7) is 5.10. The fourth-order valence-electron chi connectivity index (χ4n) is 1.90. The molecule has 2 heteroatoms. The molecule has 1 fully saturated rings. The summed E-state index contributed by atoms with van der Waals surface area (Å²) in [7, 11) is 0. The second-order valence-electron chi connectivity index (χ2n) is 3.76. The summed E-state index contributed by atoms with van der Waals surface area (Å²) >= 11 is 0. The first kappa shape index (κ1) is 10.0. The summed E-state index contributed by atoms with van der Waals surface area (Å²) < 4.78 is 5.48. The molecule has 0 aliphatic heterocycles. The highest BCUT2D eigenvalue weighted by Gasteiger charge is 2.33. The fourth-order valence-corrected chi connectivity index (χ4v) is 1.90. The van der Waals surface area contributed by atoms with E-state index < -0.39 is 0 Å². The van der Waals surface area contributed by atoms with Crippen molar-refractivity contribution in [1.82, 2.24) is 0 Å². The Morgan fingerprint density at radius 1 is 1.42 bits per heavy atom. The van der Waals surface area contributed by atoms with Crippen LogP contribution in [-0.4, -0.2) is 18.8 Å². The topological polar surface area (TPSA) is 35.2 Å². The molecule has 2 N–H and O–H groups in total. The fraction of sp³-hybridized carbons (Fsp3) is 1.00. The third kappa shape index (κ3) is 2.46. The van der Waals surface area contributed by atoms with Crippen molar-refractivity contribution in [2.24, 2.45) is 11.7 Å². The molecule has 1 aliphatic rings. The summed E-state index contributed by atoms with van der Waals surface area (Å²) in [5.74, 6) is 0.737. The van der Waals surface area contributed by atoms with Crippen LogP contribution in [0.4, 0.5) is 0 Å². The smallest absolute Gasteiger partial charge is 0.0581 e. The minimum atomic E-state index is 0.423. The van der Waals surface area contributed by atoms with Gasteiger partial charge in [-0.15, -0.1) is 0 Å². The molecule has 0 aromatic heterocycles. The molecular formula is C10H21NO. The maximum atomic E-state index is 5.99. The number of ether oxygens (including phenoxy) is 1. The Morgan fingerprint density at radius 2 is 2.08 bits per heavy atom. The third-order valence-corrected chi connectivity index (χ3v) is 2.76. The van der Waals surface area contributed by atoms with Crippen LogP contribution in [0.1, 0.15) is 39.5 Å². The Balaban J connectivity index is 2.07. The van der Waals surface area contributed by atoms with Gasteiger partial charge in [-0.05, 0) is 32.1 Å². The Kier molecular flexibility index (Phi) is 4.02. The molecule has 12 heavy (non-hydrogen) atoms. The SMILES string of the molecule is CCCC(N)C1CC(OCC)C1. The molecule has 0 heterocycles. The van der Waals surface area contributed by atoms with Gasteiger partial charge in [0.2, 0.25) is 0 Å². The van der Waals surface area contributed by atoms with Crippen LogP contribution in [0.15, 0.2) is 0 Å². The van der Waals surface area contributed by atoms with Gasteiger partial charge in [0.25, 0.3) is 0 Å². The zero-order valence-electron chi connectivity index (χ0n) is 8.25. The lowest BCUT2D eigenvalue weighted by Crippen LogP contribution is -2.42. The molecule has 2 nitrogen and oxygen atoms in total. The molecule has 0 aromatic rings. The van der Waals surface area contributed by atoms with Crippen LogP contribution < -0.4 is 5.73 Å². The highest BCUT2D eigenvalue weighted by atomic mass is 16.5. The van der Waals surface area contributed by atoms with E-state index in [4.69, 9.17) is 10.5 Å². The van der Waals surface area contributed by atoms with Crippen molar-refractivity contribution in [3.63, 3.8) is 0 Å².